The number of halogens is 1. The van der Waals surface area contributed by atoms with Crippen molar-refractivity contribution in [3.05, 3.63) is 130 Å². The fourth-order valence-electron chi connectivity index (χ4n) is 4.67. The summed E-state index contributed by atoms with van der Waals surface area (Å²) in [7, 11) is 0. The summed E-state index contributed by atoms with van der Waals surface area (Å²) in [6, 6.07) is 28.0. The predicted octanol–water partition coefficient (Wildman–Crippen LogP) is 4.94. The Labute approximate surface area is 231 Å². The van der Waals surface area contributed by atoms with Crippen LogP contribution in [0.5, 0.6) is 0 Å². The maximum absolute atomic E-state index is 13.8. The van der Waals surface area contributed by atoms with E-state index in [1.165, 1.54) is 4.90 Å². The zero-order valence-electron chi connectivity index (χ0n) is 21.1. The van der Waals surface area contributed by atoms with Crippen LogP contribution >= 0.6 is 11.6 Å². The fourth-order valence-corrected chi connectivity index (χ4v) is 4.86. The number of anilines is 2. The van der Waals surface area contributed by atoms with Gasteiger partial charge in [0.15, 0.2) is 0 Å². The van der Waals surface area contributed by atoms with Gasteiger partial charge in [0.05, 0.1) is 11.4 Å². The molecule has 8 heteroatoms. The van der Waals surface area contributed by atoms with Crippen LogP contribution in [0.1, 0.15) is 37.4 Å². The molecule has 1 aliphatic rings. The highest BCUT2D eigenvalue weighted by atomic mass is 35.5. The summed E-state index contributed by atoms with van der Waals surface area (Å²) >= 11 is 6.17. The zero-order chi connectivity index (χ0) is 27.4. The second-order valence-electron chi connectivity index (χ2n) is 9.32. The molecule has 1 atom stereocenters. The molecule has 0 radical (unpaired) electrons. The fraction of sp³-hybridized carbons (Fsp3) is 0.129. The molecule has 0 aliphatic carbocycles. The summed E-state index contributed by atoms with van der Waals surface area (Å²) in [6.45, 7) is 0.747. The molecule has 0 spiro atoms. The molecule has 1 aliphatic heterocycles. The van der Waals surface area contributed by atoms with Crippen molar-refractivity contribution >= 4 is 40.7 Å². The second-order valence-corrected chi connectivity index (χ2v) is 9.76. The molecule has 5 rings (SSSR count). The number of benzene rings is 4. The van der Waals surface area contributed by atoms with E-state index in [0.717, 1.165) is 16.7 Å². The lowest BCUT2D eigenvalue weighted by Crippen LogP contribution is -2.52. The van der Waals surface area contributed by atoms with Gasteiger partial charge in [0.2, 0.25) is 5.91 Å². The van der Waals surface area contributed by atoms with E-state index in [2.05, 4.69) is 10.6 Å². The predicted molar refractivity (Wildman–Crippen MR) is 153 cm³/mol. The van der Waals surface area contributed by atoms with Crippen molar-refractivity contribution in [2.24, 2.45) is 5.73 Å². The van der Waals surface area contributed by atoms with E-state index in [4.69, 9.17) is 17.3 Å². The van der Waals surface area contributed by atoms with Gasteiger partial charge >= 0.3 is 0 Å². The van der Waals surface area contributed by atoms with E-state index in [1.807, 2.05) is 54.6 Å². The molecule has 1 unspecified atom stereocenters. The minimum absolute atomic E-state index is 0.302. The Morgan fingerprint density at radius 1 is 0.846 bits per heavy atom. The molecular formula is C31H27ClN4O3. The van der Waals surface area contributed by atoms with Crippen molar-refractivity contribution in [2.45, 2.75) is 25.6 Å². The Morgan fingerprint density at radius 2 is 1.59 bits per heavy atom. The van der Waals surface area contributed by atoms with Crippen molar-refractivity contribution in [3.8, 4) is 0 Å². The number of hydrogen-bond donors (Lipinski definition) is 3. The largest absolute Gasteiger partial charge is 0.348 e. The Hall–Kier alpha value is -4.46. The van der Waals surface area contributed by atoms with Gasteiger partial charge in [0, 0.05) is 35.7 Å². The van der Waals surface area contributed by atoms with E-state index in [0.29, 0.717) is 47.0 Å². The van der Waals surface area contributed by atoms with Gasteiger partial charge in [0.25, 0.3) is 11.8 Å². The molecule has 0 aromatic heterocycles. The topological polar surface area (TPSA) is 105 Å². The molecule has 0 bridgehead atoms. The van der Waals surface area contributed by atoms with Gasteiger partial charge in [-0.05, 0) is 53.1 Å². The van der Waals surface area contributed by atoms with Gasteiger partial charge in [-0.15, -0.1) is 0 Å². The molecule has 3 amide bonds. The Morgan fingerprint density at radius 3 is 2.36 bits per heavy atom. The summed E-state index contributed by atoms with van der Waals surface area (Å²) in [4.78, 5) is 41.6. The molecule has 7 nitrogen and oxygen atoms in total. The van der Waals surface area contributed by atoms with Crippen molar-refractivity contribution < 1.29 is 14.4 Å². The standard InChI is InChI=1S/C31H27ClN4O3/c32-25-11-5-10-24(16-25)31(39)36-27-13-12-23(29(37)34-19-22-9-4-8-21(14-22)18-33)17-26(27)35-30(38)28(36)15-20-6-2-1-3-7-20/h1-14,16-17,28H,15,18-19,33H2,(H,34,37)(H,35,38). The number of fused-ring (bicyclic) bond motifs is 1. The molecule has 196 valence electrons. The third kappa shape index (κ3) is 5.85. The first-order valence-electron chi connectivity index (χ1n) is 12.6. The van der Waals surface area contributed by atoms with Crippen molar-refractivity contribution in [1.82, 2.24) is 5.32 Å². The molecule has 4 aromatic rings. The summed E-state index contributed by atoms with van der Waals surface area (Å²) < 4.78 is 0. The number of nitrogens with two attached hydrogens (primary N) is 1. The molecular weight excluding hydrogens is 512 g/mol. The lowest BCUT2D eigenvalue weighted by Gasteiger charge is -2.37. The first kappa shape index (κ1) is 26.2. The molecule has 1 heterocycles. The van der Waals surface area contributed by atoms with Gasteiger partial charge < -0.3 is 16.4 Å². The number of amides is 3. The number of carbonyl (C=O) groups is 3. The Bertz CT molecular complexity index is 1540. The number of nitrogens with one attached hydrogen (secondary N) is 2. The van der Waals surface area contributed by atoms with Gasteiger partial charge in [0.1, 0.15) is 6.04 Å². The summed E-state index contributed by atoms with van der Waals surface area (Å²) in [6.07, 6.45) is 0.322. The van der Waals surface area contributed by atoms with Crippen molar-refractivity contribution in [2.75, 3.05) is 10.2 Å². The van der Waals surface area contributed by atoms with Crippen LogP contribution in [0, 0.1) is 0 Å². The van der Waals surface area contributed by atoms with Crippen LogP contribution in [0.25, 0.3) is 0 Å². The van der Waals surface area contributed by atoms with Gasteiger partial charge in [-0.1, -0.05) is 72.3 Å². The van der Waals surface area contributed by atoms with Crippen LogP contribution < -0.4 is 21.3 Å². The highest BCUT2D eigenvalue weighted by Crippen LogP contribution is 2.35. The van der Waals surface area contributed by atoms with Crippen molar-refractivity contribution in [1.29, 1.82) is 0 Å². The van der Waals surface area contributed by atoms with Crippen LogP contribution in [0.3, 0.4) is 0 Å². The molecule has 0 fully saturated rings. The number of carbonyl (C=O) groups excluding carboxylic acids is 3. The smallest absolute Gasteiger partial charge is 0.259 e. The monoisotopic (exact) mass is 538 g/mol. The summed E-state index contributed by atoms with van der Waals surface area (Å²) in [5.41, 5.74) is 10.2. The minimum atomic E-state index is -0.791. The molecule has 4 aromatic carbocycles. The van der Waals surface area contributed by atoms with Crippen LogP contribution in [0.15, 0.2) is 97.1 Å². The SMILES string of the molecule is NCc1cccc(CNC(=O)c2ccc3c(c2)NC(=O)C(Cc2ccccc2)N3C(=O)c2cccc(Cl)c2)c1. The average Bonchev–Trinajstić information content (AvgIpc) is 2.96. The normalized spacial score (nSPS) is 14.4. The van der Waals surface area contributed by atoms with Crippen LogP contribution in [-0.4, -0.2) is 23.8 Å². The Kier molecular flexibility index (Phi) is 7.72. The zero-order valence-corrected chi connectivity index (χ0v) is 21.8. The van der Waals surface area contributed by atoms with Crippen LogP contribution in [-0.2, 0) is 24.3 Å². The lowest BCUT2D eigenvalue weighted by molar-refractivity contribution is -0.117. The van der Waals surface area contributed by atoms with E-state index in [1.54, 1.807) is 42.5 Å². The third-order valence-corrected chi connectivity index (χ3v) is 6.87. The van der Waals surface area contributed by atoms with E-state index >= 15 is 0 Å². The molecule has 39 heavy (non-hydrogen) atoms. The maximum atomic E-state index is 13.8. The molecule has 0 saturated heterocycles. The first-order valence-corrected chi connectivity index (χ1v) is 12.9. The van der Waals surface area contributed by atoms with E-state index in [9.17, 15) is 14.4 Å². The van der Waals surface area contributed by atoms with E-state index < -0.39 is 6.04 Å². The number of nitrogens with zero attached hydrogens (tertiary/aromatic N) is 1. The van der Waals surface area contributed by atoms with Gasteiger partial charge in [-0.25, -0.2) is 0 Å². The number of rotatable bonds is 7. The summed E-state index contributed by atoms with van der Waals surface area (Å²) in [5.74, 6) is -0.992. The second kappa shape index (κ2) is 11.5. The highest BCUT2D eigenvalue weighted by molar-refractivity contribution is 6.31. The quantitative estimate of drug-likeness (QED) is 0.310. The van der Waals surface area contributed by atoms with Gasteiger partial charge in [-0.3, -0.25) is 19.3 Å². The van der Waals surface area contributed by atoms with Crippen LogP contribution in [0.4, 0.5) is 11.4 Å². The third-order valence-electron chi connectivity index (χ3n) is 6.63. The summed E-state index contributed by atoms with van der Waals surface area (Å²) in [5, 5.41) is 6.24. The van der Waals surface area contributed by atoms with Crippen molar-refractivity contribution in [3.63, 3.8) is 0 Å². The average molecular weight is 539 g/mol. The highest BCUT2D eigenvalue weighted by Gasteiger charge is 2.37. The Balaban J connectivity index is 1.45. The van der Waals surface area contributed by atoms with Gasteiger partial charge in [-0.2, -0.15) is 0 Å². The number of hydrogen-bond acceptors (Lipinski definition) is 4. The molecule has 0 saturated carbocycles. The van der Waals surface area contributed by atoms with E-state index in [-0.39, 0.29) is 17.7 Å². The molecule has 4 N–H and O–H groups in total. The first-order chi connectivity index (χ1) is 18.9. The lowest BCUT2D eigenvalue weighted by atomic mass is 9.98. The maximum Gasteiger partial charge on any atom is 0.259 e. The van der Waals surface area contributed by atoms with Crippen LogP contribution in [0.2, 0.25) is 5.02 Å². The minimum Gasteiger partial charge on any atom is -0.348 e.